The van der Waals surface area contributed by atoms with Gasteiger partial charge in [0.25, 0.3) is 5.91 Å². The highest BCUT2D eigenvalue weighted by Gasteiger charge is 2.17. The molecule has 6 nitrogen and oxygen atoms in total. The summed E-state index contributed by atoms with van der Waals surface area (Å²) in [5.74, 6) is 0.690. The topological polar surface area (TPSA) is 63.1 Å². The first-order valence-electron chi connectivity index (χ1n) is 11.3. The number of nitrogens with zero attached hydrogens (tertiary/aromatic N) is 4. The van der Waals surface area contributed by atoms with Gasteiger partial charge in [0.2, 0.25) is 0 Å². The van der Waals surface area contributed by atoms with Gasteiger partial charge < -0.3 is 5.32 Å². The minimum Gasteiger partial charge on any atom is -0.348 e. The standard InChI is InChI=1S/C25H33N5O/c1-17(2)30-24-22(14-27-30)12-23(19(4)28-24)25(31)26-13-20-7-9-21(10-8-20)16-29-11-5-6-18(3)15-29/h7-10,12,14,17-18H,5-6,11,13,15-16H2,1-4H3,(H,26,31). The number of piperidine rings is 1. The summed E-state index contributed by atoms with van der Waals surface area (Å²) in [5.41, 5.74) is 4.58. The summed E-state index contributed by atoms with van der Waals surface area (Å²) in [7, 11) is 0. The average Bonchev–Trinajstić information content (AvgIpc) is 3.15. The molecule has 6 heteroatoms. The Morgan fingerprint density at radius 2 is 1.97 bits per heavy atom. The van der Waals surface area contributed by atoms with Gasteiger partial charge in [-0.1, -0.05) is 31.2 Å². The molecule has 0 bridgehead atoms. The number of hydrogen-bond acceptors (Lipinski definition) is 4. The van der Waals surface area contributed by atoms with Crippen molar-refractivity contribution in [2.24, 2.45) is 5.92 Å². The molecule has 1 amide bonds. The van der Waals surface area contributed by atoms with Crippen LogP contribution in [0.2, 0.25) is 0 Å². The van der Waals surface area contributed by atoms with Crippen LogP contribution in [0.15, 0.2) is 36.5 Å². The normalized spacial score (nSPS) is 17.4. The van der Waals surface area contributed by atoms with Crippen molar-refractivity contribution in [1.29, 1.82) is 0 Å². The van der Waals surface area contributed by atoms with Crippen LogP contribution in [0.5, 0.6) is 0 Å². The maximum absolute atomic E-state index is 12.8. The maximum atomic E-state index is 12.8. The van der Waals surface area contributed by atoms with Gasteiger partial charge in [-0.25, -0.2) is 9.67 Å². The molecule has 164 valence electrons. The second-order valence-electron chi connectivity index (χ2n) is 9.20. The summed E-state index contributed by atoms with van der Waals surface area (Å²) in [6.45, 7) is 12.2. The van der Waals surface area contributed by atoms with Gasteiger partial charge in [0.1, 0.15) is 0 Å². The van der Waals surface area contributed by atoms with Crippen LogP contribution < -0.4 is 5.32 Å². The second-order valence-corrected chi connectivity index (χ2v) is 9.20. The number of aryl methyl sites for hydroxylation is 1. The first-order chi connectivity index (χ1) is 14.9. The molecule has 1 fully saturated rings. The van der Waals surface area contributed by atoms with E-state index in [1.54, 1.807) is 6.20 Å². The molecular weight excluding hydrogens is 386 g/mol. The van der Waals surface area contributed by atoms with Gasteiger partial charge in [0.05, 0.1) is 17.5 Å². The van der Waals surface area contributed by atoms with Gasteiger partial charge in [-0.2, -0.15) is 5.10 Å². The van der Waals surface area contributed by atoms with Gasteiger partial charge in [-0.15, -0.1) is 0 Å². The van der Waals surface area contributed by atoms with Crippen molar-refractivity contribution >= 4 is 16.9 Å². The molecule has 0 spiro atoms. The largest absolute Gasteiger partial charge is 0.348 e. The Morgan fingerprint density at radius 3 is 2.68 bits per heavy atom. The number of pyridine rings is 1. The third-order valence-electron chi connectivity index (χ3n) is 6.12. The smallest absolute Gasteiger partial charge is 0.253 e. The van der Waals surface area contributed by atoms with Crippen molar-refractivity contribution in [2.75, 3.05) is 13.1 Å². The zero-order valence-corrected chi connectivity index (χ0v) is 19.1. The SMILES string of the molecule is Cc1nc2c(cnn2C(C)C)cc1C(=O)NCc1ccc(CN2CCCC(C)C2)cc1. The first-order valence-corrected chi connectivity index (χ1v) is 11.3. The van der Waals surface area contributed by atoms with Crippen molar-refractivity contribution in [3.8, 4) is 0 Å². The Kier molecular flexibility index (Phi) is 6.37. The van der Waals surface area contributed by atoms with E-state index in [9.17, 15) is 4.79 Å². The molecule has 2 aromatic heterocycles. The third-order valence-corrected chi connectivity index (χ3v) is 6.12. The number of aromatic nitrogens is 3. The Morgan fingerprint density at radius 1 is 1.23 bits per heavy atom. The zero-order valence-electron chi connectivity index (χ0n) is 19.1. The number of likely N-dealkylation sites (tertiary alicyclic amines) is 1. The summed E-state index contributed by atoms with van der Waals surface area (Å²) in [4.78, 5) is 20.0. The minimum absolute atomic E-state index is 0.101. The predicted octanol–water partition coefficient (Wildman–Crippen LogP) is 4.48. The highest BCUT2D eigenvalue weighted by molar-refractivity contribution is 5.98. The lowest BCUT2D eigenvalue weighted by Gasteiger charge is -2.30. The molecule has 1 aromatic carbocycles. The van der Waals surface area contributed by atoms with Gasteiger partial charge in [-0.05, 0) is 63.3 Å². The van der Waals surface area contributed by atoms with Crippen LogP contribution in [0.25, 0.3) is 11.0 Å². The molecule has 0 saturated carbocycles. The highest BCUT2D eigenvalue weighted by atomic mass is 16.1. The fourth-order valence-corrected chi connectivity index (χ4v) is 4.40. The van der Waals surface area contributed by atoms with E-state index in [4.69, 9.17) is 0 Å². The summed E-state index contributed by atoms with van der Waals surface area (Å²) in [6, 6.07) is 10.7. The lowest BCUT2D eigenvalue weighted by molar-refractivity contribution is 0.0950. The van der Waals surface area contributed by atoms with E-state index in [0.29, 0.717) is 12.1 Å². The molecule has 1 unspecified atom stereocenters. The number of nitrogens with one attached hydrogen (secondary N) is 1. The van der Waals surface area contributed by atoms with Crippen LogP contribution >= 0.6 is 0 Å². The fourth-order valence-electron chi connectivity index (χ4n) is 4.40. The van der Waals surface area contributed by atoms with Crippen LogP contribution in [0.3, 0.4) is 0 Å². The van der Waals surface area contributed by atoms with Crippen LogP contribution in [0.4, 0.5) is 0 Å². The van der Waals surface area contributed by atoms with Gasteiger partial charge >= 0.3 is 0 Å². The lowest BCUT2D eigenvalue weighted by Crippen LogP contribution is -2.33. The summed E-state index contributed by atoms with van der Waals surface area (Å²) in [5, 5.41) is 8.33. The Balaban J connectivity index is 1.38. The number of hydrogen-bond donors (Lipinski definition) is 1. The summed E-state index contributed by atoms with van der Waals surface area (Å²) < 4.78 is 1.89. The van der Waals surface area contributed by atoms with Gasteiger partial charge in [0.15, 0.2) is 5.65 Å². The monoisotopic (exact) mass is 419 g/mol. The number of fused-ring (bicyclic) bond motifs is 1. The molecule has 3 aromatic rings. The van der Waals surface area contributed by atoms with Crippen molar-refractivity contribution in [1.82, 2.24) is 25.0 Å². The van der Waals surface area contributed by atoms with Crippen LogP contribution in [-0.2, 0) is 13.1 Å². The Labute approximate surface area is 184 Å². The molecule has 1 aliphatic rings. The van der Waals surface area contributed by atoms with Crippen molar-refractivity contribution in [2.45, 2.75) is 59.7 Å². The third kappa shape index (κ3) is 4.96. The quantitative estimate of drug-likeness (QED) is 0.640. The van der Waals surface area contributed by atoms with E-state index in [2.05, 4.69) is 65.3 Å². The molecule has 1 aliphatic heterocycles. The summed E-state index contributed by atoms with van der Waals surface area (Å²) >= 11 is 0. The molecular formula is C25H33N5O. The Bertz CT molecular complexity index is 1050. The predicted molar refractivity (Wildman–Crippen MR) is 124 cm³/mol. The maximum Gasteiger partial charge on any atom is 0.253 e. The average molecular weight is 420 g/mol. The summed E-state index contributed by atoms with van der Waals surface area (Å²) in [6.07, 6.45) is 4.42. The molecule has 1 atom stereocenters. The van der Waals surface area contributed by atoms with Gasteiger partial charge in [-0.3, -0.25) is 9.69 Å². The number of amides is 1. The zero-order chi connectivity index (χ0) is 22.0. The van der Waals surface area contributed by atoms with E-state index in [0.717, 1.165) is 34.8 Å². The number of carbonyl (C=O) groups is 1. The number of rotatable bonds is 6. The molecule has 0 aliphatic carbocycles. The molecule has 4 rings (SSSR count). The van der Waals surface area contributed by atoms with Crippen LogP contribution in [0, 0.1) is 12.8 Å². The van der Waals surface area contributed by atoms with Crippen molar-refractivity contribution in [3.05, 3.63) is 58.9 Å². The first kappa shape index (κ1) is 21.5. The van der Waals surface area contributed by atoms with Crippen LogP contribution in [0.1, 0.15) is 66.8 Å². The highest BCUT2D eigenvalue weighted by Crippen LogP contribution is 2.20. The second kappa shape index (κ2) is 9.18. The van der Waals surface area contributed by atoms with E-state index >= 15 is 0 Å². The van der Waals surface area contributed by atoms with Gasteiger partial charge in [0, 0.05) is 31.1 Å². The number of benzene rings is 1. The molecule has 0 radical (unpaired) electrons. The molecule has 1 saturated heterocycles. The van der Waals surface area contributed by atoms with E-state index in [-0.39, 0.29) is 11.9 Å². The van der Waals surface area contributed by atoms with Crippen LogP contribution in [-0.4, -0.2) is 38.7 Å². The van der Waals surface area contributed by atoms with E-state index in [1.807, 2.05) is 17.7 Å². The van der Waals surface area contributed by atoms with Crippen molar-refractivity contribution < 1.29 is 4.79 Å². The molecule has 31 heavy (non-hydrogen) atoms. The lowest BCUT2D eigenvalue weighted by atomic mass is 9.99. The minimum atomic E-state index is -0.101. The fraction of sp³-hybridized carbons (Fsp3) is 0.480. The molecule has 3 heterocycles. The van der Waals surface area contributed by atoms with Crippen molar-refractivity contribution in [3.63, 3.8) is 0 Å². The van der Waals surface area contributed by atoms with E-state index < -0.39 is 0 Å². The Hall–Kier alpha value is -2.73. The molecule has 1 N–H and O–H groups in total. The number of carbonyl (C=O) groups excluding carboxylic acids is 1. The van der Waals surface area contributed by atoms with E-state index in [1.165, 1.54) is 31.5 Å².